The van der Waals surface area contributed by atoms with Crippen molar-refractivity contribution in [3.8, 4) is 11.1 Å². The Kier molecular flexibility index (Phi) is 5.95. The lowest BCUT2D eigenvalue weighted by molar-refractivity contribution is 0.583. The Labute approximate surface area is 177 Å². The van der Waals surface area contributed by atoms with Gasteiger partial charge < -0.3 is 17.2 Å². The standard InChI is InChI=1S/C17H20N6O4S3/c18-6-7-29(24,25)12-5-4-9(14(17(20)21)16(12)30(22,26)27)10-2-1-3-11-15(10)23-13(8-19)28-11/h1-5H,6-8,18-19H2,(H3,20,21)(H2,22,26,27). The fourth-order valence-electron chi connectivity index (χ4n) is 3.15. The molecule has 0 aliphatic heterocycles. The average Bonchev–Trinajstić information content (AvgIpc) is 3.09. The SMILES string of the molecule is N=C(N)c1c(-c2cccc3sc(CN)nc23)ccc(S(=O)(=O)CCN)c1S(N)(=O)=O. The third kappa shape index (κ3) is 3.95. The monoisotopic (exact) mass is 468 g/mol. The van der Waals surface area contributed by atoms with Gasteiger partial charge in [0.1, 0.15) is 15.7 Å². The Morgan fingerprint density at radius 3 is 2.33 bits per heavy atom. The number of hydrogen-bond acceptors (Lipinski definition) is 9. The lowest BCUT2D eigenvalue weighted by Gasteiger charge is -2.17. The van der Waals surface area contributed by atoms with Gasteiger partial charge in [-0.3, -0.25) is 5.41 Å². The van der Waals surface area contributed by atoms with Crippen LogP contribution in [0.4, 0.5) is 0 Å². The minimum Gasteiger partial charge on any atom is -0.384 e. The summed E-state index contributed by atoms with van der Waals surface area (Å²) in [5, 5.41) is 14.0. The summed E-state index contributed by atoms with van der Waals surface area (Å²) in [4.78, 5) is 3.19. The topological polar surface area (TPSA) is 209 Å². The van der Waals surface area contributed by atoms with E-state index in [1.54, 1.807) is 12.1 Å². The fraction of sp³-hybridized carbons (Fsp3) is 0.176. The molecule has 30 heavy (non-hydrogen) atoms. The molecular weight excluding hydrogens is 448 g/mol. The van der Waals surface area contributed by atoms with Gasteiger partial charge in [0.2, 0.25) is 10.0 Å². The van der Waals surface area contributed by atoms with Gasteiger partial charge in [0.15, 0.2) is 9.84 Å². The first-order chi connectivity index (χ1) is 14.0. The van der Waals surface area contributed by atoms with Crippen molar-refractivity contribution in [2.75, 3.05) is 12.3 Å². The molecule has 0 atom stereocenters. The minimum absolute atomic E-state index is 0.219. The summed E-state index contributed by atoms with van der Waals surface area (Å²) in [6.45, 7) is 0.000592. The van der Waals surface area contributed by atoms with Crippen molar-refractivity contribution in [3.63, 3.8) is 0 Å². The highest BCUT2D eigenvalue weighted by Gasteiger charge is 2.31. The number of aromatic nitrogens is 1. The highest BCUT2D eigenvalue weighted by atomic mass is 32.2. The summed E-state index contributed by atoms with van der Waals surface area (Å²) in [5.41, 5.74) is 17.7. The average molecular weight is 469 g/mol. The van der Waals surface area contributed by atoms with Crippen LogP contribution in [0.5, 0.6) is 0 Å². The van der Waals surface area contributed by atoms with E-state index < -0.39 is 41.2 Å². The molecule has 0 radical (unpaired) electrons. The minimum atomic E-state index is -4.57. The Morgan fingerprint density at radius 2 is 1.77 bits per heavy atom. The summed E-state index contributed by atoms with van der Waals surface area (Å²) in [6.07, 6.45) is 0. The summed E-state index contributed by atoms with van der Waals surface area (Å²) < 4.78 is 50.9. The largest absolute Gasteiger partial charge is 0.384 e. The number of hydrogen-bond donors (Lipinski definition) is 5. The zero-order valence-corrected chi connectivity index (χ0v) is 18.1. The first-order valence-electron chi connectivity index (χ1n) is 8.57. The third-order valence-corrected chi connectivity index (χ3v) is 8.27. The molecule has 2 aromatic carbocycles. The Hall–Kier alpha value is -2.42. The van der Waals surface area contributed by atoms with E-state index in [4.69, 9.17) is 27.7 Å². The van der Waals surface area contributed by atoms with Crippen LogP contribution in [0.25, 0.3) is 21.3 Å². The molecule has 0 aliphatic rings. The predicted molar refractivity (Wildman–Crippen MR) is 116 cm³/mol. The second-order valence-corrected chi connectivity index (χ2v) is 11.0. The van der Waals surface area contributed by atoms with E-state index in [2.05, 4.69) is 4.98 Å². The van der Waals surface area contributed by atoms with Crippen molar-refractivity contribution in [2.24, 2.45) is 22.3 Å². The van der Waals surface area contributed by atoms with Crippen LogP contribution in [0.15, 0.2) is 40.1 Å². The van der Waals surface area contributed by atoms with Crippen LogP contribution < -0.4 is 22.3 Å². The van der Waals surface area contributed by atoms with Gasteiger partial charge >= 0.3 is 0 Å². The van der Waals surface area contributed by atoms with E-state index >= 15 is 0 Å². The number of nitrogen functional groups attached to an aromatic ring is 1. The Balaban J connectivity index is 2.47. The molecule has 0 unspecified atom stereocenters. The van der Waals surface area contributed by atoms with Crippen LogP contribution in [0.1, 0.15) is 10.6 Å². The highest BCUT2D eigenvalue weighted by Crippen LogP contribution is 2.37. The van der Waals surface area contributed by atoms with Gasteiger partial charge in [-0.1, -0.05) is 18.2 Å². The van der Waals surface area contributed by atoms with E-state index in [1.807, 2.05) is 6.07 Å². The number of fused-ring (bicyclic) bond motifs is 1. The zero-order valence-electron chi connectivity index (χ0n) is 15.6. The molecule has 1 aromatic heterocycles. The number of amidine groups is 1. The van der Waals surface area contributed by atoms with Crippen molar-refractivity contribution < 1.29 is 16.8 Å². The second-order valence-electron chi connectivity index (χ2n) is 6.35. The number of rotatable bonds is 7. The smallest absolute Gasteiger partial charge is 0.240 e. The van der Waals surface area contributed by atoms with Crippen molar-refractivity contribution in [3.05, 3.63) is 40.9 Å². The molecule has 0 amide bonds. The maximum absolute atomic E-state index is 12.6. The molecule has 1 heterocycles. The lowest BCUT2D eigenvalue weighted by atomic mass is 9.98. The highest BCUT2D eigenvalue weighted by molar-refractivity contribution is 7.93. The van der Waals surface area contributed by atoms with Gasteiger partial charge in [-0.15, -0.1) is 11.3 Å². The van der Waals surface area contributed by atoms with Crippen molar-refractivity contribution in [1.29, 1.82) is 5.41 Å². The summed E-state index contributed by atoms with van der Waals surface area (Å²) in [7, 11) is -8.66. The molecule has 13 heteroatoms. The van der Waals surface area contributed by atoms with Gasteiger partial charge in [-0.25, -0.2) is 27.0 Å². The number of nitrogens with two attached hydrogens (primary N) is 4. The van der Waals surface area contributed by atoms with E-state index in [0.717, 1.165) is 10.8 Å². The molecule has 10 nitrogen and oxygen atoms in total. The van der Waals surface area contributed by atoms with Crippen LogP contribution in [-0.2, 0) is 26.4 Å². The molecular formula is C17H20N6O4S3. The number of sulfonamides is 1. The van der Waals surface area contributed by atoms with Crippen LogP contribution in [0.2, 0.25) is 0 Å². The Morgan fingerprint density at radius 1 is 1.07 bits per heavy atom. The lowest BCUT2D eigenvalue weighted by Crippen LogP contribution is -2.26. The number of primary sulfonamides is 1. The first kappa shape index (κ1) is 22.3. The molecule has 0 spiro atoms. The molecule has 0 aliphatic carbocycles. The summed E-state index contributed by atoms with van der Waals surface area (Å²) in [6, 6.07) is 7.76. The maximum Gasteiger partial charge on any atom is 0.240 e. The maximum atomic E-state index is 12.6. The molecule has 0 fully saturated rings. The Bertz CT molecular complexity index is 1360. The van der Waals surface area contributed by atoms with Crippen LogP contribution in [0, 0.1) is 5.41 Å². The van der Waals surface area contributed by atoms with E-state index in [0.29, 0.717) is 16.1 Å². The number of para-hydroxylation sites is 1. The number of thiazole rings is 1. The fourth-order valence-corrected chi connectivity index (χ4v) is 6.79. The summed E-state index contributed by atoms with van der Waals surface area (Å²) >= 11 is 1.37. The molecule has 3 aromatic rings. The van der Waals surface area contributed by atoms with E-state index in [9.17, 15) is 16.8 Å². The van der Waals surface area contributed by atoms with Crippen molar-refractivity contribution >= 4 is 47.2 Å². The first-order valence-corrected chi connectivity index (χ1v) is 12.6. The number of benzene rings is 2. The van der Waals surface area contributed by atoms with Gasteiger partial charge in [0.25, 0.3) is 0 Å². The van der Waals surface area contributed by atoms with E-state index in [-0.39, 0.29) is 24.2 Å². The van der Waals surface area contributed by atoms with E-state index in [1.165, 1.54) is 17.4 Å². The quantitative estimate of drug-likeness (QED) is 0.236. The second kappa shape index (κ2) is 8.02. The molecule has 9 N–H and O–H groups in total. The van der Waals surface area contributed by atoms with Gasteiger partial charge in [0.05, 0.1) is 20.9 Å². The molecule has 0 saturated heterocycles. The van der Waals surface area contributed by atoms with Crippen LogP contribution in [-0.4, -0.2) is 40.0 Å². The van der Waals surface area contributed by atoms with Gasteiger partial charge in [-0.2, -0.15) is 0 Å². The van der Waals surface area contributed by atoms with Crippen LogP contribution in [0.3, 0.4) is 0 Å². The summed E-state index contributed by atoms with van der Waals surface area (Å²) in [5.74, 6) is -1.14. The van der Waals surface area contributed by atoms with Gasteiger partial charge in [-0.05, 0) is 17.7 Å². The number of nitrogens with zero attached hydrogens (tertiary/aromatic N) is 1. The number of sulfone groups is 1. The normalized spacial score (nSPS) is 12.4. The predicted octanol–water partition coefficient (Wildman–Crippen LogP) is 0.0859. The molecule has 3 rings (SSSR count). The zero-order chi connectivity index (χ0) is 22.3. The van der Waals surface area contributed by atoms with Crippen molar-refractivity contribution in [2.45, 2.75) is 16.3 Å². The van der Waals surface area contributed by atoms with Crippen molar-refractivity contribution in [1.82, 2.24) is 4.98 Å². The molecule has 160 valence electrons. The third-order valence-electron chi connectivity index (χ3n) is 4.33. The van der Waals surface area contributed by atoms with Gasteiger partial charge in [0, 0.05) is 24.2 Å². The van der Waals surface area contributed by atoms with Crippen LogP contribution >= 0.6 is 11.3 Å². The molecule has 0 saturated carbocycles. The number of nitrogens with one attached hydrogen (secondary N) is 1. The molecule has 0 bridgehead atoms.